The van der Waals surface area contributed by atoms with Crippen LogP contribution in [-0.2, 0) is 6.54 Å². The summed E-state index contributed by atoms with van der Waals surface area (Å²) < 4.78 is 12.8. The molecule has 11 heteroatoms. The van der Waals surface area contributed by atoms with Crippen LogP contribution in [-0.4, -0.2) is 79.8 Å². The van der Waals surface area contributed by atoms with Gasteiger partial charge in [-0.3, -0.25) is 4.90 Å². The number of fused-ring (bicyclic) bond motifs is 2. The molecule has 0 radical (unpaired) electrons. The zero-order chi connectivity index (χ0) is 29.5. The molecule has 0 amide bonds. The third-order valence-electron chi connectivity index (χ3n) is 8.71. The summed E-state index contributed by atoms with van der Waals surface area (Å²) in [5.74, 6) is 2.43. The van der Waals surface area contributed by atoms with Crippen LogP contribution >= 0.6 is 0 Å². The van der Waals surface area contributed by atoms with Crippen LogP contribution in [0.4, 0.5) is 5.82 Å². The number of rotatable bonds is 8. The largest absolute Gasteiger partial charge is 0.481 e. The van der Waals surface area contributed by atoms with Gasteiger partial charge in [0.05, 0.1) is 36.5 Å². The van der Waals surface area contributed by atoms with Crippen molar-refractivity contribution in [1.82, 2.24) is 39.4 Å². The summed E-state index contributed by atoms with van der Waals surface area (Å²) in [6.45, 7) is 11.3. The van der Waals surface area contributed by atoms with E-state index in [9.17, 15) is 0 Å². The number of aromatic nitrogens is 7. The highest BCUT2D eigenvalue weighted by molar-refractivity contribution is 5.90. The Morgan fingerprint density at radius 2 is 1.71 bits per heavy atom. The number of piperidine rings is 1. The second-order valence-electron chi connectivity index (χ2n) is 11.5. The van der Waals surface area contributed by atoms with Gasteiger partial charge < -0.3 is 19.4 Å². The average molecular weight is 570 g/mol. The molecule has 1 aliphatic heterocycles. The van der Waals surface area contributed by atoms with Crippen molar-refractivity contribution in [2.45, 2.75) is 59.0 Å². The number of aromatic amines is 1. The molecule has 220 valence electrons. The minimum absolute atomic E-state index is 0.290. The summed E-state index contributed by atoms with van der Waals surface area (Å²) in [4.78, 5) is 26.7. The molecule has 0 aromatic carbocycles. The topological polar surface area (TPSA) is 110 Å². The van der Waals surface area contributed by atoms with Crippen molar-refractivity contribution in [3.05, 3.63) is 53.2 Å². The molecule has 0 bridgehead atoms. The molecule has 1 fully saturated rings. The fourth-order valence-electron chi connectivity index (χ4n) is 6.26. The molecule has 42 heavy (non-hydrogen) atoms. The molecule has 6 rings (SSSR count). The quantitative estimate of drug-likeness (QED) is 0.278. The lowest BCUT2D eigenvalue weighted by molar-refractivity contribution is 0.194. The van der Waals surface area contributed by atoms with Crippen LogP contribution in [0.15, 0.2) is 31.0 Å². The normalized spacial score (nSPS) is 14.5. The van der Waals surface area contributed by atoms with Crippen LogP contribution in [0.25, 0.3) is 27.9 Å². The number of anilines is 1. The molecule has 5 aromatic rings. The molecular weight excluding hydrogens is 530 g/mol. The van der Waals surface area contributed by atoms with E-state index in [-0.39, 0.29) is 5.92 Å². The number of ether oxygens (including phenoxy) is 2. The Balaban J connectivity index is 1.24. The molecule has 1 aliphatic rings. The van der Waals surface area contributed by atoms with Gasteiger partial charge in [0.2, 0.25) is 11.8 Å². The minimum Gasteiger partial charge on any atom is -0.481 e. The minimum atomic E-state index is 0.290. The Morgan fingerprint density at radius 1 is 1.00 bits per heavy atom. The Morgan fingerprint density at radius 3 is 2.38 bits per heavy atom. The van der Waals surface area contributed by atoms with Crippen molar-refractivity contribution in [1.29, 1.82) is 0 Å². The first-order chi connectivity index (χ1) is 20.3. The summed E-state index contributed by atoms with van der Waals surface area (Å²) in [5, 5.41) is 4.42. The fourth-order valence-corrected chi connectivity index (χ4v) is 6.26. The molecule has 11 nitrogen and oxygen atoms in total. The SMILES string of the molecule is COc1ncnc(OC)c1CN(C)C1CCN(c2ccc3[nH]c(-c4cn5ncnc5c(C)c4C)c(C(C)C)c3n2)CC1. The van der Waals surface area contributed by atoms with E-state index in [4.69, 9.17) is 14.5 Å². The zero-order valence-corrected chi connectivity index (χ0v) is 25.5. The number of H-pyrrole nitrogens is 1. The predicted octanol–water partition coefficient (Wildman–Crippen LogP) is 4.92. The van der Waals surface area contributed by atoms with E-state index < -0.39 is 0 Å². The second-order valence-corrected chi connectivity index (χ2v) is 11.5. The lowest BCUT2D eigenvalue weighted by atomic mass is 9.95. The maximum atomic E-state index is 5.49. The average Bonchev–Trinajstić information content (AvgIpc) is 3.63. The number of hydrogen-bond acceptors (Lipinski definition) is 9. The molecule has 0 atom stereocenters. The second kappa shape index (κ2) is 11.2. The van der Waals surface area contributed by atoms with Crippen LogP contribution < -0.4 is 14.4 Å². The summed E-state index contributed by atoms with van der Waals surface area (Å²) in [7, 11) is 5.40. The molecule has 6 heterocycles. The van der Waals surface area contributed by atoms with Gasteiger partial charge in [-0.25, -0.2) is 24.5 Å². The first-order valence-electron chi connectivity index (χ1n) is 14.5. The number of methoxy groups -OCH3 is 2. The lowest BCUT2D eigenvalue weighted by Gasteiger charge is -2.37. The van der Waals surface area contributed by atoms with Crippen LogP contribution in [0.5, 0.6) is 11.8 Å². The summed E-state index contributed by atoms with van der Waals surface area (Å²) >= 11 is 0. The summed E-state index contributed by atoms with van der Waals surface area (Å²) in [6.07, 6.45) is 7.22. The molecule has 0 unspecified atom stereocenters. The Hall–Kier alpha value is -4.25. The predicted molar refractivity (Wildman–Crippen MR) is 163 cm³/mol. The van der Waals surface area contributed by atoms with E-state index in [0.717, 1.165) is 70.8 Å². The van der Waals surface area contributed by atoms with E-state index in [0.29, 0.717) is 24.3 Å². The molecule has 0 aliphatic carbocycles. The van der Waals surface area contributed by atoms with Gasteiger partial charge in [-0.2, -0.15) is 5.10 Å². The fraction of sp³-hybridized carbons (Fsp3) is 0.452. The van der Waals surface area contributed by atoms with Gasteiger partial charge in [-0.05, 0) is 62.9 Å². The van der Waals surface area contributed by atoms with Crippen molar-refractivity contribution in [3.8, 4) is 23.0 Å². The van der Waals surface area contributed by atoms with E-state index in [1.165, 1.54) is 17.5 Å². The van der Waals surface area contributed by atoms with E-state index in [2.05, 4.69) is 87.9 Å². The number of nitrogens with zero attached hydrogens (tertiary/aromatic N) is 8. The zero-order valence-electron chi connectivity index (χ0n) is 25.5. The van der Waals surface area contributed by atoms with E-state index in [1.807, 2.05) is 4.52 Å². The van der Waals surface area contributed by atoms with Gasteiger partial charge in [-0.1, -0.05) is 13.8 Å². The first-order valence-corrected chi connectivity index (χ1v) is 14.5. The highest BCUT2D eigenvalue weighted by Crippen LogP contribution is 2.38. The highest BCUT2D eigenvalue weighted by atomic mass is 16.5. The molecule has 5 aromatic heterocycles. The van der Waals surface area contributed by atoms with Crippen LogP contribution in [0.3, 0.4) is 0 Å². The summed E-state index contributed by atoms with van der Waals surface area (Å²) in [6, 6.07) is 4.74. The molecule has 0 saturated carbocycles. The molecular formula is C31H39N9O2. The molecule has 0 spiro atoms. The third kappa shape index (κ3) is 4.81. The first kappa shape index (κ1) is 27.9. The third-order valence-corrected chi connectivity index (χ3v) is 8.71. The maximum Gasteiger partial charge on any atom is 0.224 e. The van der Waals surface area contributed by atoms with Crippen molar-refractivity contribution in [2.24, 2.45) is 0 Å². The van der Waals surface area contributed by atoms with Gasteiger partial charge in [0, 0.05) is 43.0 Å². The Bertz CT molecular complexity index is 1710. The van der Waals surface area contributed by atoms with Crippen molar-refractivity contribution in [2.75, 3.05) is 39.3 Å². The van der Waals surface area contributed by atoms with Crippen LogP contribution in [0.2, 0.25) is 0 Å². The maximum absolute atomic E-state index is 5.49. The van der Waals surface area contributed by atoms with Crippen molar-refractivity contribution in [3.63, 3.8) is 0 Å². The monoisotopic (exact) mass is 569 g/mol. The van der Waals surface area contributed by atoms with Crippen LogP contribution in [0.1, 0.15) is 54.9 Å². The van der Waals surface area contributed by atoms with E-state index >= 15 is 0 Å². The van der Waals surface area contributed by atoms with Gasteiger partial charge in [0.15, 0.2) is 5.65 Å². The van der Waals surface area contributed by atoms with Gasteiger partial charge in [0.25, 0.3) is 0 Å². The number of nitrogens with one attached hydrogen (secondary N) is 1. The van der Waals surface area contributed by atoms with Gasteiger partial charge >= 0.3 is 0 Å². The highest BCUT2D eigenvalue weighted by Gasteiger charge is 2.27. The van der Waals surface area contributed by atoms with Crippen molar-refractivity contribution >= 4 is 22.5 Å². The summed E-state index contributed by atoms with van der Waals surface area (Å²) in [5.41, 5.74) is 9.67. The number of aryl methyl sites for hydroxylation is 1. The standard InChI is InChI=1S/C31H39N9O2/c1-18(2)26-27(22-15-40-29(32-17-35-40)20(4)19(22)3)36-24-8-9-25(37-28(24)26)39-12-10-21(11-13-39)38(5)14-23-30(41-6)33-16-34-31(23)42-7/h8-9,15-18,21,36H,10-14H2,1-7H3. The van der Waals surface area contributed by atoms with E-state index in [1.54, 1.807) is 20.5 Å². The van der Waals surface area contributed by atoms with Crippen molar-refractivity contribution < 1.29 is 9.47 Å². The lowest BCUT2D eigenvalue weighted by Crippen LogP contribution is -2.43. The molecule has 1 N–H and O–H groups in total. The molecule has 1 saturated heterocycles. The van der Waals surface area contributed by atoms with Gasteiger partial charge in [-0.15, -0.1) is 0 Å². The number of pyridine rings is 2. The Kier molecular flexibility index (Phi) is 7.44. The van der Waals surface area contributed by atoms with Crippen LogP contribution in [0, 0.1) is 13.8 Å². The number of hydrogen-bond donors (Lipinski definition) is 1. The smallest absolute Gasteiger partial charge is 0.224 e. The Labute approximate surface area is 245 Å². The van der Waals surface area contributed by atoms with Gasteiger partial charge in [0.1, 0.15) is 18.5 Å².